The van der Waals surface area contributed by atoms with E-state index in [4.69, 9.17) is 25.8 Å². The first-order valence-corrected chi connectivity index (χ1v) is 10.2. The van der Waals surface area contributed by atoms with Crippen molar-refractivity contribution in [3.05, 3.63) is 51.9 Å². The Bertz CT molecular complexity index is 1180. The Kier molecular flexibility index (Phi) is 5.24. The van der Waals surface area contributed by atoms with Crippen LogP contribution >= 0.6 is 11.6 Å². The molecule has 5 rings (SSSR count). The van der Waals surface area contributed by atoms with Crippen LogP contribution in [-0.4, -0.2) is 57.7 Å². The zero-order chi connectivity index (χ0) is 21.5. The number of aryl methyl sites for hydroxylation is 1. The maximum absolute atomic E-state index is 14.1. The molecule has 0 radical (unpaired) electrons. The van der Waals surface area contributed by atoms with Crippen LogP contribution in [0.2, 0.25) is 5.02 Å². The smallest absolute Gasteiger partial charge is 0.296 e. The number of aliphatic hydroxyl groups excluding tert-OH is 1. The van der Waals surface area contributed by atoms with Crippen LogP contribution in [0.1, 0.15) is 16.8 Å². The Hall–Kier alpha value is -2.77. The van der Waals surface area contributed by atoms with Crippen LogP contribution in [0, 0.1) is 17.1 Å². The lowest BCUT2D eigenvalue weighted by Gasteiger charge is -2.15. The lowest BCUT2D eigenvalue weighted by molar-refractivity contribution is 0.00706. The lowest BCUT2D eigenvalue weighted by Crippen LogP contribution is -2.34. The molecule has 4 atom stereocenters. The second kappa shape index (κ2) is 8.05. The molecular formula is C21H18ClFN4O4. The molecule has 0 aliphatic carbocycles. The number of aliphatic hydroxyl groups is 1. The first-order chi connectivity index (χ1) is 15.0. The summed E-state index contributed by atoms with van der Waals surface area (Å²) >= 11 is 6.37. The van der Waals surface area contributed by atoms with E-state index in [1.807, 2.05) is 6.07 Å². The van der Waals surface area contributed by atoms with Gasteiger partial charge in [-0.2, -0.15) is 10.2 Å². The standard InChI is InChI=1S/C21H18ClFN4O4/c22-12-6-15-20(25-14(12)5-4-11-10(7-24)2-1-3-13(11)23)27-21(26-15)31-17-9-30-18-16(28)8-29-19(17)18/h1-3,6,16-19,28H,4-5,8-9H2,(H,25,26,27)/t16-,17-,18-,19-/m1/s1. The number of nitriles is 1. The molecule has 1 aromatic carbocycles. The largest absolute Gasteiger partial charge is 0.456 e. The van der Waals surface area contributed by atoms with E-state index in [9.17, 15) is 14.8 Å². The fraction of sp³-hybridized carbons (Fsp3) is 0.381. The van der Waals surface area contributed by atoms with E-state index in [0.717, 1.165) is 0 Å². The van der Waals surface area contributed by atoms with E-state index in [0.29, 0.717) is 39.4 Å². The summed E-state index contributed by atoms with van der Waals surface area (Å²) < 4.78 is 31.1. The molecule has 8 nitrogen and oxygen atoms in total. The molecule has 0 saturated carbocycles. The lowest BCUT2D eigenvalue weighted by atomic mass is 10.0. The summed E-state index contributed by atoms with van der Waals surface area (Å²) in [6.45, 7) is 0.498. The highest BCUT2D eigenvalue weighted by Crippen LogP contribution is 2.30. The molecule has 0 unspecified atom stereocenters. The highest BCUT2D eigenvalue weighted by molar-refractivity contribution is 6.31. The minimum atomic E-state index is -0.659. The first kappa shape index (κ1) is 20.2. The fourth-order valence-electron chi connectivity index (χ4n) is 4.01. The predicted molar refractivity (Wildman–Crippen MR) is 107 cm³/mol. The monoisotopic (exact) mass is 444 g/mol. The van der Waals surface area contributed by atoms with Gasteiger partial charge in [0.2, 0.25) is 0 Å². The molecule has 3 aromatic rings. The van der Waals surface area contributed by atoms with Gasteiger partial charge >= 0.3 is 0 Å². The van der Waals surface area contributed by atoms with Crippen molar-refractivity contribution in [3.63, 3.8) is 0 Å². The zero-order valence-corrected chi connectivity index (χ0v) is 17.0. The third kappa shape index (κ3) is 3.72. The number of nitrogens with zero attached hydrogens (tertiary/aromatic N) is 3. The number of imidazole rings is 1. The molecule has 2 N–H and O–H groups in total. The van der Waals surface area contributed by atoms with E-state index in [1.54, 1.807) is 12.1 Å². The van der Waals surface area contributed by atoms with Crippen LogP contribution in [0.25, 0.3) is 11.2 Å². The summed E-state index contributed by atoms with van der Waals surface area (Å²) in [5.41, 5.74) is 2.18. The molecule has 2 aliphatic heterocycles. The number of aromatic nitrogens is 3. The van der Waals surface area contributed by atoms with Gasteiger partial charge in [-0.3, -0.25) is 0 Å². The molecule has 2 aromatic heterocycles. The van der Waals surface area contributed by atoms with Crippen molar-refractivity contribution in [2.24, 2.45) is 0 Å². The number of hydrogen-bond donors (Lipinski definition) is 2. The highest BCUT2D eigenvalue weighted by atomic mass is 35.5. The highest BCUT2D eigenvalue weighted by Gasteiger charge is 2.48. The Morgan fingerprint density at radius 1 is 1.26 bits per heavy atom. The number of nitrogens with one attached hydrogen (secondary N) is 1. The summed E-state index contributed by atoms with van der Waals surface area (Å²) in [5.74, 6) is -0.428. The topological polar surface area (TPSA) is 113 Å². The molecule has 0 amide bonds. The van der Waals surface area contributed by atoms with Gasteiger partial charge in [0.05, 0.1) is 41.1 Å². The van der Waals surface area contributed by atoms with Gasteiger partial charge in [0.1, 0.15) is 24.1 Å². The van der Waals surface area contributed by atoms with Crippen LogP contribution in [0.3, 0.4) is 0 Å². The van der Waals surface area contributed by atoms with Crippen LogP contribution < -0.4 is 4.74 Å². The van der Waals surface area contributed by atoms with Gasteiger partial charge < -0.3 is 24.3 Å². The quantitative estimate of drug-likeness (QED) is 0.620. The summed E-state index contributed by atoms with van der Waals surface area (Å²) in [7, 11) is 0. The Morgan fingerprint density at radius 2 is 2.10 bits per heavy atom. The number of fused-ring (bicyclic) bond motifs is 2. The number of pyridine rings is 1. The van der Waals surface area contributed by atoms with Crippen LogP contribution in [-0.2, 0) is 22.3 Å². The van der Waals surface area contributed by atoms with Crippen molar-refractivity contribution >= 4 is 22.8 Å². The van der Waals surface area contributed by atoms with Crippen LogP contribution in [0.15, 0.2) is 24.3 Å². The van der Waals surface area contributed by atoms with E-state index in [1.165, 1.54) is 12.1 Å². The fourth-order valence-corrected chi connectivity index (χ4v) is 4.26. The van der Waals surface area contributed by atoms with Crippen molar-refractivity contribution in [2.75, 3.05) is 13.2 Å². The Morgan fingerprint density at radius 3 is 2.94 bits per heavy atom. The third-order valence-corrected chi connectivity index (χ3v) is 5.90. The maximum atomic E-state index is 14.1. The van der Waals surface area contributed by atoms with Crippen molar-refractivity contribution in [2.45, 2.75) is 37.3 Å². The summed E-state index contributed by atoms with van der Waals surface area (Å²) in [6, 6.07) is 8.37. The van der Waals surface area contributed by atoms with Gasteiger partial charge in [0.25, 0.3) is 6.01 Å². The molecule has 31 heavy (non-hydrogen) atoms. The number of aromatic amines is 1. The van der Waals surface area contributed by atoms with E-state index in [2.05, 4.69) is 15.0 Å². The number of rotatable bonds is 5. The maximum Gasteiger partial charge on any atom is 0.296 e. The number of H-pyrrole nitrogens is 1. The Balaban J connectivity index is 1.34. The molecule has 0 spiro atoms. The SMILES string of the molecule is N#Cc1cccc(F)c1CCc1nc2nc(O[C@@H]3CO[C@H]4[C@@H]3OC[C@H]4O)[nH]c2cc1Cl. The number of hydrogen-bond acceptors (Lipinski definition) is 7. The third-order valence-electron chi connectivity index (χ3n) is 5.57. The van der Waals surface area contributed by atoms with Gasteiger partial charge in [-0.25, -0.2) is 9.37 Å². The normalized spacial score (nSPS) is 25.0. The van der Waals surface area contributed by atoms with Gasteiger partial charge in [-0.1, -0.05) is 17.7 Å². The van der Waals surface area contributed by atoms with E-state index >= 15 is 0 Å². The molecule has 4 heterocycles. The average molecular weight is 445 g/mol. The van der Waals surface area contributed by atoms with Gasteiger partial charge in [-0.05, 0) is 31.0 Å². The summed E-state index contributed by atoms with van der Waals surface area (Å²) in [6.07, 6.45) is -1.18. The number of benzene rings is 1. The minimum absolute atomic E-state index is 0.214. The molecule has 160 valence electrons. The van der Waals surface area contributed by atoms with Crippen molar-refractivity contribution in [1.29, 1.82) is 5.26 Å². The number of halogens is 2. The molecule has 2 aliphatic rings. The summed E-state index contributed by atoms with van der Waals surface area (Å²) in [5, 5.41) is 19.5. The van der Waals surface area contributed by atoms with E-state index in [-0.39, 0.29) is 31.7 Å². The molecule has 2 fully saturated rings. The Labute approximate surface area is 181 Å². The van der Waals surface area contributed by atoms with Crippen molar-refractivity contribution < 1.29 is 23.7 Å². The summed E-state index contributed by atoms with van der Waals surface area (Å²) in [4.78, 5) is 11.9. The van der Waals surface area contributed by atoms with Crippen LogP contribution in [0.4, 0.5) is 4.39 Å². The predicted octanol–water partition coefficient (Wildman–Crippen LogP) is 2.31. The first-order valence-electron chi connectivity index (χ1n) is 9.84. The van der Waals surface area contributed by atoms with Crippen molar-refractivity contribution in [3.8, 4) is 12.1 Å². The molecule has 10 heteroatoms. The molecular weight excluding hydrogens is 427 g/mol. The van der Waals surface area contributed by atoms with Gasteiger partial charge in [-0.15, -0.1) is 0 Å². The van der Waals surface area contributed by atoms with Gasteiger partial charge in [0.15, 0.2) is 11.8 Å². The second-order valence-corrected chi connectivity index (χ2v) is 7.93. The number of ether oxygens (including phenoxy) is 3. The van der Waals surface area contributed by atoms with Gasteiger partial charge in [0, 0.05) is 5.56 Å². The van der Waals surface area contributed by atoms with Crippen molar-refractivity contribution in [1.82, 2.24) is 15.0 Å². The minimum Gasteiger partial charge on any atom is -0.456 e. The van der Waals surface area contributed by atoms with Crippen LogP contribution in [0.5, 0.6) is 6.01 Å². The molecule has 0 bridgehead atoms. The molecule has 2 saturated heterocycles. The van der Waals surface area contributed by atoms with E-state index < -0.39 is 24.1 Å². The zero-order valence-electron chi connectivity index (χ0n) is 16.2. The second-order valence-electron chi connectivity index (χ2n) is 7.53. The average Bonchev–Trinajstić information content (AvgIpc) is 3.44.